The van der Waals surface area contributed by atoms with Gasteiger partial charge in [0.1, 0.15) is 5.75 Å². The molecule has 154 valence electrons. The maximum atomic E-state index is 12.4. The van der Waals surface area contributed by atoms with Gasteiger partial charge in [0.05, 0.1) is 6.20 Å². The molecule has 0 bridgehead atoms. The zero-order valence-electron chi connectivity index (χ0n) is 16.8. The zero-order chi connectivity index (χ0) is 20.8. The van der Waals surface area contributed by atoms with Crippen LogP contribution in [0.3, 0.4) is 0 Å². The third-order valence-electron chi connectivity index (χ3n) is 4.74. The minimum Gasteiger partial charge on any atom is -0.424 e. The van der Waals surface area contributed by atoms with Crippen molar-refractivity contribution in [2.24, 2.45) is 0 Å². The van der Waals surface area contributed by atoms with Gasteiger partial charge in [0, 0.05) is 51.3 Å². The molecule has 1 aromatic carbocycles. The van der Waals surface area contributed by atoms with Gasteiger partial charge < -0.3 is 14.4 Å². The molecule has 0 spiro atoms. The van der Waals surface area contributed by atoms with Crippen molar-refractivity contribution in [2.45, 2.75) is 13.5 Å². The van der Waals surface area contributed by atoms with E-state index in [0.29, 0.717) is 30.6 Å². The number of ether oxygens (including phenoxy) is 2. The van der Waals surface area contributed by atoms with Crippen LogP contribution < -0.4 is 9.47 Å². The van der Waals surface area contributed by atoms with Crippen LogP contribution in [0, 0.1) is 6.92 Å². The summed E-state index contributed by atoms with van der Waals surface area (Å²) in [6, 6.07) is 11.8. The fraction of sp³-hybridized carbons (Fsp3) is 0.273. The Balaban J connectivity index is 1.28. The van der Waals surface area contributed by atoms with Crippen LogP contribution in [-0.2, 0) is 6.54 Å². The van der Waals surface area contributed by atoms with E-state index < -0.39 is 0 Å². The quantitative estimate of drug-likeness (QED) is 0.644. The van der Waals surface area contributed by atoms with E-state index in [1.807, 2.05) is 25.1 Å². The van der Waals surface area contributed by atoms with Crippen molar-refractivity contribution in [1.29, 1.82) is 0 Å². The molecule has 0 atom stereocenters. The normalized spacial score (nSPS) is 14.4. The second-order valence-electron chi connectivity index (χ2n) is 7.11. The lowest BCUT2D eigenvalue weighted by Gasteiger charge is -2.34. The van der Waals surface area contributed by atoms with Crippen LogP contribution in [0.15, 0.2) is 61.2 Å². The van der Waals surface area contributed by atoms with E-state index in [4.69, 9.17) is 9.47 Å². The third-order valence-corrected chi connectivity index (χ3v) is 4.74. The third kappa shape index (κ3) is 5.30. The Bertz CT molecular complexity index is 991. The molecule has 0 unspecified atom stereocenters. The molecule has 1 aliphatic heterocycles. The number of carbonyl (C=O) groups is 1. The summed E-state index contributed by atoms with van der Waals surface area (Å²) >= 11 is 0. The molecule has 0 aliphatic carbocycles. The van der Waals surface area contributed by atoms with Crippen LogP contribution in [0.5, 0.6) is 17.5 Å². The van der Waals surface area contributed by atoms with E-state index >= 15 is 0 Å². The number of amides is 1. The smallest absolute Gasteiger partial charge is 0.415 e. The molecule has 3 aromatic rings. The first-order valence-corrected chi connectivity index (χ1v) is 9.80. The van der Waals surface area contributed by atoms with Crippen molar-refractivity contribution in [3.63, 3.8) is 0 Å². The van der Waals surface area contributed by atoms with Crippen molar-refractivity contribution in [2.75, 3.05) is 26.2 Å². The van der Waals surface area contributed by atoms with Crippen molar-refractivity contribution < 1.29 is 14.3 Å². The summed E-state index contributed by atoms with van der Waals surface area (Å²) in [5.74, 6) is 1.18. The summed E-state index contributed by atoms with van der Waals surface area (Å²) in [5, 5.41) is 0. The van der Waals surface area contributed by atoms with Gasteiger partial charge in [-0.15, -0.1) is 0 Å². The molecule has 0 radical (unpaired) electrons. The number of rotatable bonds is 5. The number of carbonyl (C=O) groups excluding carboxylic acids is 1. The first-order chi connectivity index (χ1) is 14.7. The van der Waals surface area contributed by atoms with E-state index in [1.54, 1.807) is 41.8 Å². The average Bonchev–Trinajstić information content (AvgIpc) is 2.75. The highest BCUT2D eigenvalue weighted by Gasteiger charge is 2.23. The van der Waals surface area contributed by atoms with E-state index in [-0.39, 0.29) is 6.09 Å². The van der Waals surface area contributed by atoms with Gasteiger partial charge in [0.2, 0.25) is 0 Å². The Morgan fingerprint density at radius 1 is 1.00 bits per heavy atom. The fourth-order valence-electron chi connectivity index (χ4n) is 3.25. The van der Waals surface area contributed by atoms with Crippen molar-refractivity contribution in [3.05, 3.63) is 72.3 Å². The minimum absolute atomic E-state index is 0.325. The summed E-state index contributed by atoms with van der Waals surface area (Å²) in [6.45, 7) is 5.47. The second-order valence-corrected chi connectivity index (χ2v) is 7.11. The highest BCUT2D eigenvalue weighted by atomic mass is 16.6. The Labute approximate surface area is 175 Å². The number of piperazine rings is 1. The fourth-order valence-corrected chi connectivity index (χ4v) is 3.25. The predicted octanol–water partition coefficient (Wildman–Crippen LogP) is 3.29. The molecule has 3 heterocycles. The molecule has 8 nitrogen and oxygen atoms in total. The van der Waals surface area contributed by atoms with Gasteiger partial charge in [-0.25, -0.2) is 14.8 Å². The topological polar surface area (TPSA) is 80.7 Å². The zero-order valence-corrected chi connectivity index (χ0v) is 16.8. The average molecular weight is 405 g/mol. The van der Waals surface area contributed by atoms with E-state index in [0.717, 1.165) is 30.8 Å². The molecule has 8 heteroatoms. The Morgan fingerprint density at radius 2 is 1.80 bits per heavy atom. The van der Waals surface area contributed by atoms with Gasteiger partial charge in [-0.3, -0.25) is 9.88 Å². The summed E-state index contributed by atoms with van der Waals surface area (Å²) in [6.07, 6.45) is 6.23. The van der Waals surface area contributed by atoms with E-state index in [2.05, 4.69) is 25.9 Å². The maximum absolute atomic E-state index is 12.4. The minimum atomic E-state index is -0.333. The lowest BCUT2D eigenvalue weighted by atomic mass is 10.2. The molecule has 0 N–H and O–H groups in total. The Kier molecular flexibility index (Phi) is 6.14. The van der Waals surface area contributed by atoms with Gasteiger partial charge in [-0.1, -0.05) is 12.1 Å². The van der Waals surface area contributed by atoms with Gasteiger partial charge in [0.15, 0.2) is 5.75 Å². The predicted molar refractivity (Wildman–Crippen MR) is 110 cm³/mol. The van der Waals surface area contributed by atoms with Crippen LogP contribution >= 0.6 is 0 Å². The number of pyridine rings is 1. The lowest BCUT2D eigenvalue weighted by Crippen LogP contribution is -2.49. The Morgan fingerprint density at radius 3 is 2.57 bits per heavy atom. The van der Waals surface area contributed by atoms with Crippen LogP contribution in [0.4, 0.5) is 4.79 Å². The van der Waals surface area contributed by atoms with Crippen molar-refractivity contribution in [1.82, 2.24) is 24.8 Å². The van der Waals surface area contributed by atoms with Gasteiger partial charge in [-0.05, 0) is 42.3 Å². The second kappa shape index (κ2) is 9.32. The van der Waals surface area contributed by atoms with E-state index in [1.165, 1.54) is 0 Å². The summed E-state index contributed by atoms with van der Waals surface area (Å²) in [5.41, 5.74) is 2.08. The number of benzene rings is 1. The van der Waals surface area contributed by atoms with Crippen LogP contribution in [0.25, 0.3) is 0 Å². The van der Waals surface area contributed by atoms with Gasteiger partial charge in [-0.2, -0.15) is 0 Å². The summed E-state index contributed by atoms with van der Waals surface area (Å²) < 4.78 is 11.1. The molecule has 1 fully saturated rings. The molecular formula is C22H23N5O3. The number of aromatic nitrogens is 3. The van der Waals surface area contributed by atoms with Gasteiger partial charge >= 0.3 is 12.1 Å². The molecule has 1 aliphatic rings. The number of nitrogens with zero attached hydrogens (tertiary/aromatic N) is 5. The Hall–Kier alpha value is -3.52. The molecule has 30 heavy (non-hydrogen) atoms. The molecule has 1 amide bonds. The lowest BCUT2D eigenvalue weighted by molar-refractivity contribution is 0.108. The van der Waals surface area contributed by atoms with Crippen molar-refractivity contribution in [3.8, 4) is 17.5 Å². The monoisotopic (exact) mass is 405 g/mol. The van der Waals surface area contributed by atoms with Crippen LogP contribution in [-0.4, -0.2) is 57.0 Å². The number of hydrogen-bond acceptors (Lipinski definition) is 7. The maximum Gasteiger partial charge on any atom is 0.415 e. The largest absolute Gasteiger partial charge is 0.424 e. The van der Waals surface area contributed by atoms with Gasteiger partial charge in [0.25, 0.3) is 0 Å². The highest BCUT2D eigenvalue weighted by molar-refractivity contribution is 5.70. The van der Waals surface area contributed by atoms with Crippen molar-refractivity contribution >= 4 is 6.09 Å². The first-order valence-electron chi connectivity index (χ1n) is 9.80. The summed E-state index contributed by atoms with van der Waals surface area (Å²) in [4.78, 5) is 28.6. The van der Waals surface area contributed by atoms with E-state index in [9.17, 15) is 4.79 Å². The first kappa shape index (κ1) is 19.8. The highest BCUT2D eigenvalue weighted by Crippen LogP contribution is 2.20. The molecule has 4 rings (SSSR count). The SMILES string of the molecule is Cc1cncc(OC(=O)N2CCN(Cc3cccc(Oc4ncccn4)c3)CC2)c1. The standard InChI is InChI=1S/C22H23N5O3/c1-17-12-20(15-23-14-17)30-22(28)27-10-8-26(9-11-27)16-18-4-2-5-19(13-18)29-21-24-6-3-7-25-21/h2-7,12-15H,8-11,16H2,1H3. The molecule has 2 aromatic heterocycles. The molecule has 0 saturated carbocycles. The molecule has 1 saturated heterocycles. The molecular weight excluding hydrogens is 382 g/mol. The van der Waals surface area contributed by atoms with Crippen LogP contribution in [0.1, 0.15) is 11.1 Å². The number of hydrogen-bond donors (Lipinski definition) is 0. The number of aryl methyl sites for hydroxylation is 1. The summed E-state index contributed by atoms with van der Waals surface area (Å²) in [7, 11) is 0. The van der Waals surface area contributed by atoms with Crippen LogP contribution in [0.2, 0.25) is 0 Å².